The van der Waals surface area contributed by atoms with Crippen LogP contribution in [0.2, 0.25) is 0 Å². The Morgan fingerprint density at radius 1 is 1.15 bits per heavy atom. The van der Waals surface area contributed by atoms with Crippen molar-refractivity contribution in [2.45, 2.75) is 13.3 Å². The number of anilines is 1. The molecule has 2 aromatic rings. The highest BCUT2D eigenvalue weighted by molar-refractivity contribution is 5.86. The summed E-state index contributed by atoms with van der Waals surface area (Å²) >= 11 is 0. The molecule has 2 nitrogen and oxygen atoms in total. The summed E-state index contributed by atoms with van der Waals surface area (Å²) in [5, 5.41) is 2.70. The van der Waals surface area contributed by atoms with Crippen molar-refractivity contribution in [1.29, 1.82) is 0 Å². The monoisotopic (exact) mass is 274 g/mol. The van der Waals surface area contributed by atoms with Crippen molar-refractivity contribution < 1.29 is 8.78 Å². The van der Waals surface area contributed by atoms with Crippen molar-refractivity contribution >= 4 is 18.1 Å². The number of aliphatic imine (C=N–C) groups is 1. The normalized spacial score (nSPS) is 10.6. The van der Waals surface area contributed by atoms with E-state index in [-0.39, 0.29) is 0 Å². The summed E-state index contributed by atoms with van der Waals surface area (Å²) in [7, 11) is 0. The fraction of sp³-hybridized carbons (Fsp3) is 0.188. The summed E-state index contributed by atoms with van der Waals surface area (Å²) in [6.45, 7) is 5.15. The summed E-state index contributed by atoms with van der Waals surface area (Å²) < 4.78 is 24.6. The predicted molar refractivity (Wildman–Crippen MR) is 80.3 cm³/mol. The minimum absolute atomic E-state index is 0.403. The van der Waals surface area contributed by atoms with Gasteiger partial charge in [0.2, 0.25) is 0 Å². The summed E-state index contributed by atoms with van der Waals surface area (Å²) in [6, 6.07) is 13.4. The smallest absolute Gasteiger partial charge is 0.255 e. The van der Waals surface area contributed by atoms with Crippen molar-refractivity contribution in [2.24, 2.45) is 4.99 Å². The fourth-order valence-corrected chi connectivity index (χ4v) is 2.01. The maximum Gasteiger partial charge on any atom is 0.255 e. The van der Waals surface area contributed by atoms with E-state index < -0.39 is 13.0 Å². The standard InChI is InChI=1S/C16H16F2N2/c1-11-6-8-12(9-7-11)13-4-3-5-14(16(13)19-2)20-10-15(17)18/h3-9,15,20H,2,10H2,1H3. The lowest BCUT2D eigenvalue weighted by Gasteiger charge is -2.13. The van der Waals surface area contributed by atoms with Gasteiger partial charge in [0.15, 0.2) is 0 Å². The number of nitrogens with zero attached hydrogens (tertiary/aromatic N) is 1. The molecule has 20 heavy (non-hydrogen) atoms. The lowest BCUT2D eigenvalue weighted by molar-refractivity contribution is 0.163. The molecule has 0 heterocycles. The molecule has 2 rings (SSSR count). The second kappa shape index (κ2) is 6.28. The van der Waals surface area contributed by atoms with Gasteiger partial charge in [-0.15, -0.1) is 0 Å². The Labute approximate surface area is 117 Å². The van der Waals surface area contributed by atoms with E-state index in [1.807, 2.05) is 43.3 Å². The lowest BCUT2D eigenvalue weighted by Crippen LogP contribution is -2.10. The van der Waals surface area contributed by atoms with Crippen LogP contribution < -0.4 is 5.32 Å². The van der Waals surface area contributed by atoms with Gasteiger partial charge in [0.1, 0.15) is 0 Å². The highest BCUT2D eigenvalue weighted by Gasteiger charge is 2.10. The van der Waals surface area contributed by atoms with E-state index in [0.29, 0.717) is 11.4 Å². The van der Waals surface area contributed by atoms with Gasteiger partial charge in [0.25, 0.3) is 6.43 Å². The first kappa shape index (κ1) is 14.2. The molecular formula is C16H16F2N2. The molecule has 2 aromatic carbocycles. The van der Waals surface area contributed by atoms with Crippen LogP contribution >= 0.6 is 0 Å². The minimum Gasteiger partial charge on any atom is -0.378 e. The first-order chi connectivity index (χ1) is 9.61. The number of aryl methyl sites for hydroxylation is 1. The second-order valence-corrected chi connectivity index (χ2v) is 4.50. The molecule has 0 aliphatic rings. The molecule has 0 aliphatic heterocycles. The topological polar surface area (TPSA) is 24.4 Å². The Balaban J connectivity index is 2.40. The third-order valence-electron chi connectivity index (χ3n) is 3.00. The van der Waals surface area contributed by atoms with E-state index in [0.717, 1.165) is 16.7 Å². The van der Waals surface area contributed by atoms with Crippen LogP contribution in [-0.2, 0) is 0 Å². The largest absolute Gasteiger partial charge is 0.378 e. The molecule has 0 amide bonds. The summed E-state index contributed by atoms with van der Waals surface area (Å²) in [6.07, 6.45) is -2.41. The van der Waals surface area contributed by atoms with Crippen molar-refractivity contribution in [3.63, 3.8) is 0 Å². The van der Waals surface area contributed by atoms with Crippen LogP contribution in [0.5, 0.6) is 0 Å². The van der Waals surface area contributed by atoms with E-state index in [1.54, 1.807) is 6.07 Å². The van der Waals surface area contributed by atoms with Crippen molar-refractivity contribution in [3.05, 3.63) is 48.0 Å². The zero-order chi connectivity index (χ0) is 14.5. The first-order valence-corrected chi connectivity index (χ1v) is 6.30. The average molecular weight is 274 g/mol. The van der Waals surface area contributed by atoms with Gasteiger partial charge >= 0.3 is 0 Å². The van der Waals surface area contributed by atoms with E-state index in [1.165, 1.54) is 0 Å². The third-order valence-corrected chi connectivity index (χ3v) is 3.00. The number of hydrogen-bond acceptors (Lipinski definition) is 2. The van der Waals surface area contributed by atoms with Gasteiger partial charge in [-0.25, -0.2) is 8.78 Å². The summed E-state index contributed by atoms with van der Waals surface area (Å²) in [4.78, 5) is 3.99. The molecule has 0 fully saturated rings. The number of nitrogens with one attached hydrogen (secondary N) is 1. The molecule has 1 N–H and O–H groups in total. The molecule has 0 aromatic heterocycles. The zero-order valence-corrected chi connectivity index (χ0v) is 11.2. The minimum atomic E-state index is -2.41. The molecular weight excluding hydrogens is 258 g/mol. The fourth-order valence-electron chi connectivity index (χ4n) is 2.01. The molecule has 0 spiro atoms. The highest BCUT2D eigenvalue weighted by Crippen LogP contribution is 2.36. The van der Waals surface area contributed by atoms with Crippen molar-refractivity contribution in [2.75, 3.05) is 11.9 Å². The number of rotatable bonds is 5. The Hall–Kier alpha value is -2.23. The number of hydrogen-bond donors (Lipinski definition) is 1. The first-order valence-electron chi connectivity index (χ1n) is 6.30. The number of halogens is 2. The predicted octanol–water partition coefficient (Wildman–Crippen LogP) is 4.67. The molecule has 0 atom stereocenters. The Bertz CT molecular complexity index is 592. The van der Waals surface area contributed by atoms with Gasteiger partial charge in [-0.2, -0.15) is 0 Å². The molecule has 4 heteroatoms. The maximum atomic E-state index is 12.3. The number of alkyl halides is 2. The number of benzene rings is 2. The van der Waals surface area contributed by atoms with E-state index in [2.05, 4.69) is 17.0 Å². The molecule has 0 unspecified atom stereocenters. The van der Waals surface area contributed by atoms with Crippen LogP contribution in [-0.4, -0.2) is 19.7 Å². The van der Waals surface area contributed by atoms with Gasteiger partial charge < -0.3 is 5.32 Å². The van der Waals surface area contributed by atoms with Gasteiger partial charge in [-0.3, -0.25) is 4.99 Å². The summed E-state index contributed by atoms with van der Waals surface area (Å²) in [5.41, 5.74) is 4.18. The molecule has 104 valence electrons. The third kappa shape index (κ3) is 3.20. The Kier molecular flexibility index (Phi) is 4.45. The SMILES string of the molecule is C=Nc1c(NCC(F)F)cccc1-c1ccc(C)cc1. The van der Waals surface area contributed by atoms with Crippen LogP contribution in [0.3, 0.4) is 0 Å². The van der Waals surface area contributed by atoms with Crippen LogP contribution in [0, 0.1) is 6.92 Å². The van der Waals surface area contributed by atoms with Gasteiger partial charge in [0.05, 0.1) is 17.9 Å². The quantitative estimate of drug-likeness (QED) is 0.787. The van der Waals surface area contributed by atoms with E-state index >= 15 is 0 Å². The molecule has 0 saturated heterocycles. The van der Waals surface area contributed by atoms with Crippen LogP contribution in [0.4, 0.5) is 20.2 Å². The highest BCUT2D eigenvalue weighted by atomic mass is 19.3. The number of para-hydroxylation sites is 1. The summed E-state index contributed by atoms with van der Waals surface area (Å²) in [5.74, 6) is 0. The lowest BCUT2D eigenvalue weighted by atomic mass is 10.0. The molecule has 0 saturated carbocycles. The Morgan fingerprint density at radius 2 is 1.85 bits per heavy atom. The second-order valence-electron chi connectivity index (χ2n) is 4.50. The average Bonchev–Trinajstić information content (AvgIpc) is 2.45. The molecule has 0 radical (unpaired) electrons. The Morgan fingerprint density at radius 3 is 2.45 bits per heavy atom. The van der Waals surface area contributed by atoms with E-state index in [4.69, 9.17) is 0 Å². The molecule has 0 bridgehead atoms. The molecule has 0 aliphatic carbocycles. The van der Waals surface area contributed by atoms with Crippen LogP contribution in [0.15, 0.2) is 47.5 Å². The van der Waals surface area contributed by atoms with Crippen LogP contribution in [0.1, 0.15) is 5.56 Å². The van der Waals surface area contributed by atoms with E-state index in [9.17, 15) is 8.78 Å². The van der Waals surface area contributed by atoms with Crippen molar-refractivity contribution in [3.8, 4) is 11.1 Å². The maximum absolute atomic E-state index is 12.3. The van der Waals surface area contributed by atoms with Gasteiger partial charge in [-0.1, -0.05) is 42.0 Å². The van der Waals surface area contributed by atoms with Gasteiger partial charge in [0, 0.05) is 5.56 Å². The zero-order valence-electron chi connectivity index (χ0n) is 11.2. The van der Waals surface area contributed by atoms with Gasteiger partial charge in [-0.05, 0) is 25.3 Å². The van der Waals surface area contributed by atoms with Crippen molar-refractivity contribution in [1.82, 2.24) is 0 Å². The van der Waals surface area contributed by atoms with Crippen LogP contribution in [0.25, 0.3) is 11.1 Å².